The summed E-state index contributed by atoms with van der Waals surface area (Å²) in [5.41, 5.74) is 2.63. The molecule has 2 aromatic rings. The van der Waals surface area contributed by atoms with Gasteiger partial charge in [-0.25, -0.2) is 14.8 Å². The molecule has 0 bridgehead atoms. The van der Waals surface area contributed by atoms with Crippen molar-refractivity contribution in [2.24, 2.45) is 0 Å². The van der Waals surface area contributed by atoms with E-state index in [0.717, 1.165) is 11.1 Å². The van der Waals surface area contributed by atoms with Gasteiger partial charge in [-0.05, 0) is 34.8 Å². The molecule has 21 heavy (non-hydrogen) atoms. The Bertz CT molecular complexity index is 688. The summed E-state index contributed by atoms with van der Waals surface area (Å²) in [6.45, 7) is 6.38. The molecular formula is C16H17N3O2. The smallest absolute Gasteiger partial charge is 0.354 e. The van der Waals surface area contributed by atoms with Gasteiger partial charge >= 0.3 is 5.97 Å². The fourth-order valence-corrected chi connectivity index (χ4v) is 1.72. The molecule has 0 aliphatic rings. The molecule has 0 aliphatic carbocycles. The van der Waals surface area contributed by atoms with Crippen LogP contribution in [0.25, 0.3) is 12.2 Å². The van der Waals surface area contributed by atoms with E-state index in [0.29, 0.717) is 5.69 Å². The molecule has 5 heteroatoms. The first-order chi connectivity index (χ1) is 9.86. The lowest BCUT2D eigenvalue weighted by atomic mass is 9.87. The molecule has 2 rings (SSSR count). The minimum atomic E-state index is -1.07. The van der Waals surface area contributed by atoms with E-state index in [2.05, 4.69) is 41.8 Å². The first-order valence-electron chi connectivity index (χ1n) is 6.55. The highest BCUT2D eigenvalue weighted by atomic mass is 16.4. The zero-order valence-corrected chi connectivity index (χ0v) is 12.2. The number of hydrogen-bond donors (Lipinski definition) is 1. The van der Waals surface area contributed by atoms with Crippen LogP contribution in [0.2, 0.25) is 0 Å². The van der Waals surface area contributed by atoms with Crippen molar-refractivity contribution in [1.29, 1.82) is 0 Å². The van der Waals surface area contributed by atoms with Crippen molar-refractivity contribution >= 4 is 18.1 Å². The molecule has 0 saturated carbocycles. The topological polar surface area (TPSA) is 76.0 Å². The van der Waals surface area contributed by atoms with Crippen LogP contribution < -0.4 is 0 Å². The molecule has 0 amide bonds. The summed E-state index contributed by atoms with van der Waals surface area (Å²) < 4.78 is 0. The number of carboxylic acid groups (broad SMARTS) is 1. The summed E-state index contributed by atoms with van der Waals surface area (Å²) in [4.78, 5) is 22.8. The Morgan fingerprint density at radius 1 is 1.14 bits per heavy atom. The summed E-state index contributed by atoms with van der Waals surface area (Å²) in [6.07, 6.45) is 8.45. The minimum absolute atomic E-state index is 0.0220. The number of hydrogen-bond acceptors (Lipinski definition) is 4. The molecule has 2 aromatic heterocycles. The van der Waals surface area contributed by atoms with Crippen molar-refractivity contribution in [2.75, 3.05) is 0 Å². The van der Waals surface area contributed by atoms with Crippen molar-refractivity contribution in [3.05, 3.63) is 53.4 Å². The Balaban J connectivity index is 2.25. The quantitative estimate of drug-likeness (QED) is 0.937. The van der Waals surface area contributed by atoms with Gasteiger partial charge in [0, 0.05) is 12.4 Å². The molecule has 0 unspecified atom stereocenters. The van der Waals surface area contributed by atoms with Gasteiger partial charge in [0.1, 0.15) is 6.33 Å². The summed E-state index contributed by atoms with van der Waals surface area (Å²) in [6, 6.07) is 3.49. The van der Waals surface area contributed by atoms with Crippen LogP contribution in [-0.4, -0.2) is 26.0 Å². The molecule has 0 spiro atoms. The molecule has 5 nitrogen and oxygen atoms in total. The number of aromatic carboxylic acids is 1. The minimum Gasteiger partial charge on any atom is -0.477 e. The molecule has 0 aliphatic heterocycles. The van der Waals surface area contributed by atoms with Crippen molar-refractivity contribution in [3.63, 3.8) is 0 Å². The number of rotatable bonds is 3. The molecular weight excluding hydrogens is 266 g/mol. The first-order valence-corrected chi connectivity index (χ1v) is 6.55. The van der Waals surface area contributed by atoms with Crippen LogP contribution in [0.15, 0.2) is 30.9 Å². The van der Waals surface area contributed by atoms with E-state index in [4.69, 9.17) is 5.11 Å². The highest BCUT2D eigenvalue weighted by Gasteiger charge is 2.13. The average molecular weight is 283 g/mol. The van der Waals surface area contributed by atoms with Crippen molar-refractivity contribution in [3.8, 4) is 0 Å². The lowest BCUT2D eigenvalue weighted by Crippen LogP contribution is -2.11. The Labute approximate surface area is 123 Å². The standard InChI is InChI=1S/C16H17N3O2/c1-16(2,3)12-6-11(8-17-9-12)4-5-13-7-14(15(20)21)19-10-18-13/h4-10H,1-3H3,(H,20,21)/b5-4+. The fourth-order valence-electron chi connectivity index (χ4n) is 1.72. The van der Waals surface area contributed by atoms with E-state index in [1.54, 1.807) is 12.3 Å². The Hall–Kier alpha value is -2.56. The van der Waals surface area contributed by atoms with Gasteiger partial charge in [-0.15, -0.1) is 0 Å². The van der Waals surface area contributed by atoms with Crippen LogP contribution in [0.4, 0.5) is 0 Å². The van der Waals surface area contributed by atoms with E-state index in [-0.39, 0.29) is 11.1 Å². The molecule has 0 saturated heterocycles. The zero-order chi connectivity index (χ0) is 15.5. The molecule has 108 valence electrons. The van der Waals surface area contributed by atoms with Crippen molar-refractivity contribution in [2.45, 2.75) is 26.2 Å². The van der Waals surface area contributed by atoms with Gasteiger partial charge in [0.25, 0.3) is 0 Å². The normalized spacial score (nSPS) is 11.8. The summed E-state index contributed by atoms with van der Waals surface area (Å²) in [7, 11) is 0. The lowest BCUT2D eigenvalue weighted by Gasteiger charge is -2.18. The van der Waals surface area contributed by atoms with E-state index < -0.39 is 5.97 Å². The third kappa shape index (κ3) is 3.95. The lowest BCUT2D eigenvalue weighted by molar-refractivity contribution is 0.0690. The summed E-state index contributed by atoms with van der Waals surface area (Å²) >= 11 is 0. The average Bonchev–Trinajstić information content (AvgIpc) is 2.45. The van der Waals surface area contributed by atoms with Crippen LogP contribution >= 0.6 is 0 Å². The molecule has 0 aromatic carbocycles. The SMILES string of the molecule is CC(C)(C)c1cncc(/C=C/c2cc(C(=O)O)ncn2)c1. The van der Waals surface area contributed by atoms with Crippen LogP contribution in [0.3, 0.4) is 0 Å². The van der Waals surface area contributed by atoms with Crippen LogP contribution in [0.5, 0.6) is 0 Å². The Morgan fingerprint density at radius 2 is 1.90 bits per heavy atom. The highest BCUT2D eigenvalue weighted by Crippen LogP contribution is 2.22. The maximum atomic E-state index is 10.9. The molecule has 0 atom stereocenters. The highest BCUT2D eigenvalue weighted by molar-refractivity contribution is 5.86. The van der Waals surface area contributed by atoms with Gasteiger partial charge in [0.2, 0.25) is 0 Å². The maximum absolute atomic E-state index is 10.9. The predicted molar refractivity (Wildman–Crippen MR) is 80.9 cm³/mol. The number of nitrogens with zero attached hydrogens (tertiary/aromatic N) is 3. The second-order valence-corrected chi connectivity index (χ2v) is 5.72. The second-order valence-electron chi connectivity index (χ2n) is 5.72. The van der Waals surface area contributed by atoms with Gasteiger partial charge in [0.15, 0.2) is 5.69 Å². The monoisotopic (exact) mass is 283 g/mol. The second kappa shape index (κ2) is 5.83. The Kier molecular flexibility index (Phi) is 4.12. The van der Waals surface area contributed by atoms with E-state index in [9.17, 15) is 4.79 Å². The molecule has 0 radical (unpaired) electrons. The van der Waals surface area contributed by atoms with Gasteiger partial charge in [-0.2, -0.15) is 0 Å². The number of aromatic nitrogens is 3. The zero-order valence-electron chi connectivity index (χ0n) is 12.2. The summed E-state index contributed by atoms with van der Waals surface area (Å²) in [5.74, 6) is -1.07. The molecule has 1 N–H and O–H groups in total. The van der Waals surface area contributed by atoms with Gasteiger partial charge in [-0.1, -0.05) is 26.8 Å². The third-order valence-corrected chi connectivity index (χ3v) is 2.98. The predicted octanol–water partition coefficient (Wildman–Crippen LogP) is 3.04. The van der Waals surface area contributed by atoms with Crippen LogP contribution in [0.1, 0.15) is 48.1 Å². The number of pyridine rings is 1. The van der Waals surface area contributed by atoms with E-state index >= 15 is 0 Å². The molecule has 2 heterocycles. The van der Waals surface area contributed by atoms with Crippen LogP contribution in [0, 0.1) is 0 Å². The van der Waals surface area contributed by atoms with Gasteiger partial charge in [-0.3, -0.25) is 4.98 Å². The molecule has 0 fully saturated rings. The Morgan fingerprint density at radius 3 is 2.57 bits per heavy atom. The largest absolute Gasteiger partial charge is 0.477 e. The third-order valence-electron chi connectivity index (χ3n) is 2.98. The van der Waals surface area contributed by atoms with E-state index in [1.165, 1.54) is 12.4 Å². The van der Waals surface area contributed by atoms with Crippen molar-refractivity contribution in [1.82, 2.24) is 15.0 Å². The van der Waals surface area contributed by atoms with Gasteiger partial charge < -0.3 is 5.11 Å². The maximum Gasteiger partial charge on any atom is 0.354 e. The van der Waals surface area contributed by atoms with E-state index in [1.807, 2.05) is 12.3 Å². The summed E-state index contributed by atoms with van der Waals surface area (Å²) in [5, 5.41) is 8.90. The first kappa shape index (κ1) is 14.8. The van der Waals surface area contributed by atoms with Crippen LogP contribution in [-0.2, 0) is 5.41 Å². The fraction of sp³-hybridized carbons (Fsp3) is 0.250. The number of carboxylic acids is 1. The number of carbonyl (C=O) groups is 1. The van der Waals surface area contributed by atoms with Crippen molar-refractivity contribution < 1.29 is 9.90 Å². The van der Waals surface area contributed by atoms with Gasteiger partial charge in [0.05, 0.1) is 5.69 Å².